The zero-order valence-corrected chi connectivity index (χ0v) is 13.0. The molecule has 0 aromatic heterocycles. The Kier molecular flexibility index (Phi) is 5.09. The summed E-state index contributed by atoms with van der Waals surface area (Å²) in [6, 6.07) is 6.37. The van der Waals surface area contributed by atoms with Gasteiger partial charge in [-0.25, -0.2) is 0 Å². The maximum Gasteiger partial charge on any atom is 0.0486 e. The number of benzene rings is 1. The number of hydrogen-bond donors (Lipinski definition) is 1. The van der Waals surface area contributed by atoms with Gasteiger partial charge in [0.15, 0.2) is 0 Å². The van der Waals surface area contributed by atoms with Crippen LogP contribution in [0.2, 0.25) is 10.0 Å². The van der Waals surface area contributed by atoms with Gasteiger partial charge in [-0.3, -0.25) is 4.90 Å². The molecular formula is C14H21Cl2N3. The molecule has 1 aliphatic heterocycles. The number of likely N-dealkylation sites (N-methyl/N-ethyl adjacent to an activating group) is 1. The Labute approximate surface area is 125 Å². The molecule has 0 aliphatic carbocycles. The third-order valence-corrected chi connectivity index (χ3v) is 4.54. The molecule has 1 fully saturated rings. The van der Waals surface area contributed by atoms with Crippen LogP contribution >= 0.6 is 23.2 Å². The molecule has 2 atom stereocenters. The van der Waals surface area contributed by atoms with Crippen LogP contribution < -0.4 is 5.73 Å². The SMILES string of the molecule is CC1CN(C(CN)c2ccc(Cl)cc2Cl)CCN1C. The summed E-state index contributed by atoms with van der Waals surface area (Å²) in [6.45, 7) is 5.89. The van der Waals surface area contributed by atoms with Crippen LogP contribution in [-0.2, 0) is 0 Å². The third kappa shape index (κ3) is 3.41. The summed E-state index contributed by atoms with van der Waals surface area (Å²) in [4.78, 5) is 4.79. The molecule has 2 unspecified atom stereocenters. The van der Waals surface area contributed by atoms with E-state index in [0.29, 0.717) is 22.6 Å². The van der Waals surface area contributed by atoms with E-state index in [1.807, 2.05) is 12.1 Å². The molecule has 3 nitrogen and oxygen atoms in total. The van der Waals surface area contributed by atoms with Crippen molar-refractivity contribution in [3.63, 3.8) is 0 Å². The van der Waals surface area contributed by atoms with Crippen molar-refractivity contribution in [2.24, 2.45) is 5.73 Å². The van der Waals surface area contributed by atoms with E-state index in [1.54, 1.807) is 6.07 Å². The second-order valence-electron chi connectivity index (χ2n) is 5.24. The molecule has 1 aliphatic rings. The summed E-state index contributed by atoms with van der Waals surface area (Å²) in [5, 5.41) is 1.37. The van der Waals surface area contributed by atoms with Gasteiger partial charge in [0, 0.05) is 48.3 Å². The standard InChI is InChI=1S/C14H21Cl2N3/c1-10-9-19(6-5-18(10)2)14(8-17)12-4-3-11(15)7-13(12)16/h3-4,7,10,14H,5-6,8-9,17H2,1-2H3. The van der Waals surface area contributed by atoms with Crippen LogP contribution in [0.25, 0.3) is 0 Å². The van der Waals surface area contributed by atoms with Crippen LogP contribution in [0.15, 0.2) is 18.2 Å². The van der Waals surface area contributed by atoms with E-state index in [-0.39, 0.29) is 6.04 Å². The molecule has 106 valence electrons. The first-order chi connectivity index (χ1) is 9.02. The van der Waals surface area contributed by atoms with E-state index in [4.69, 9.17) is 28.9 Å². The Morgan fingerprint density at radius 1 is 1.37 bits per heavy atom. The van der Waals surface area contributed by atoms with Crippen molar-refractivity contribution in [2.45, 2.75) is 19.0 Å². The highest BCUT2D eigenvalue weighted by Crippen LogP contribution is 2.30. The van der Waals surface area contributed by atoms with Crippen LogP contribution in [0.1, 0.15) is 18.5 Å². The monoisotopic (exact) mass is 301 g/mol. The van der Waals surface area contributed by atoms with Gasteiger partial charge in [-0.2, -0.15) is 0 Å². The van der Waals surface area contributed by atoms with Crippen LogP contribution in [-0.4, -0.2) is 49.1 Å². The Morgan fingerprint density at radius 2 is 2.11 bits per heavy atom. The van der Waals surface area contributed by atoms with Gasteiger partial charge in [0.25, 0.3) is 0 Å². The van der Waals surface area contributed by atoms with Crippen molar-refractivity contribution in [1.82, 2.24) is 9.80 Å². The molecule has 0 spiro atoms. The number of piperazine rings is 1. The lowest BCUT2D eigenvalue weighted by molar-refractivity contribution is 0.0741. The molecule has 0 radical (unpaired) electrons. The Morgan fingerprint density at radius 3 is 2.68 bits per heavy atom. The van der Waals surface area contributed by atoms with E-state index in [2.05, 4.69) is 23.8 Å². The van der Waals surface area contributed by atoms with Gasteiger partial charge in [-0.05, 0) is 31.7 Å². The molecule has 5 heteroatoms. The van der Waals surface area contributed by atoms with E-state index >= 15 is 0 Å². The molecule has 0 bridgehead atoms. The minimum atomic E-state index is 0.168. The van der Waals surface area contributed by atoms with Gasteiger partial charge in [0.2, 0.25) is 0 Å². The fourth-order valence-corrected chi connectivity index (χ4v) is 3.14. The average Bonchev–Trinajstić information content (AvgIpc) is 2.37. The topological polar surface area (TPSA) is 32.5 Å². The van der Waals surface area contributed by atoms with Crippen molar-refractivity contribution >= 4 is 23.2 Å². The predicted molar refractivity (Wildman–Crippen MR) is 81.9 cm³/mol. The minimum Gasteiger partial charge on any atom is -0.329 e. The third-order valence-electron chi connectivity index (χ3n) is 3.98. The summed E-state index contributed by atoms with van der Waals surface area (Å²) >= 11 is 12.3. The second-order valence-corrected chi connectivity index (χ2v) is 6.09. The van der Waals surface area contributed by atoms with Crippen LogP contribution in [0.4, 0.5) is 0 Å². The highest BCUT2D eigenvalue weighted by Gasteiger charge is 2.27. The summed E-state index contributed by atoms with van der Waals surface area (Å²) in [7, 11) is 2.16. The number of nitrogens with zero attached hydrogens (tertiary/aromatic N) is 2. The van der Waals surface area contributed by atoms with Gasteiger partial charge in [-0.15, -0.1) is 0 Å². The van der Waals surface area contributed by atoms with Crippen molar-refractivity contribution in [2.75, 3.05) is 33.2 Å². The maximum atomic E-state index is 6.31. The maximum absolute atomic E-state index is 6.31. The Hall–Kier alpha value is -0.320. The smallest absolute Gasteiger partial charge is 0.0486 e. The van der Waals surface area contributed by atoms with Crippen LogP contribution in [0.3, 0.4) is 0 Å². The zero-order chi connectivity index (χ0) is 14.0. The van der Waals surface area contributed by atoms with Crippen molar-refractivity contribution in [3.05, 3.63) is 33.8 Å². The summed E-state index contributed by atoms with van der Waals surface area (Å²) < 4.78 is 0. The summed E-state index contributed by atoms with van der Waals surface area (Å²) in [6.07, 6.45) is 0. The fraction of sp³-hybridized carbons (Fsp3) is 0.571. The fourth-order valence-electron chi connectivity index (χ4n) is 2.60. The van der Waals surface area contributed by atoms with Gasteiger partial charge < -0.3 is 10.6 Å². The van der Waals surface area contributed by atoms with E-state index in [0.717, 1.165) is 25.2 Å². The van der Waals surface area contributed by atoms with Crippen molar-refractivity contribution < 1.29 is 0 Å². The van der Waals surface area contributed by atoms with Gasteiger partial charge >= 0.3 is 0 Å². The van der Waals surface area contributed by atoms with Gasteiger partial charge in [-0.1, -0.05) is 29.3 Å². The van der Waals surface area contributed by atoms with Crippen molar-refractivity contribution in [3.8, 4) is 0 Å². The highest BCUT2D eigenvalue weighted by molar-refractivity contribution is 6.35. The van der Waals surface area contributed by atoms with E-state index in [9.17, 15) is 0 Å². The normalized spacial score (nSPS) is 23.5. The second kappa shape index (κ2) is 6.42. The van der Waals surface area contributed by atoms with E-state index in [1.165, 1.54) is 0 Å². The van der Waals surface area contributed by atoms with Crippen LogP contribution in [0.5, 0.6) is 0 Å². The van der Waals surface area contributed by atoms with Gasteiger partial charge in [0.05, 0.1) is 0 Å². The lowest BCUT2D eigenvalue weighted by Gasteiger charge is -2.41. The molecule has 1 aromatic rings. The molecule has 1 saturated heterocycles. The molecule has 2 N–H and O–H groups in total. The first kappa shape index (κ1) is 15.1. The first-order valence-corrected chi connectivity index (χ1v) is 7.37. The molecule has 19 heavy (non-hydrogen) atoms. The quantitative estimate of drug-likeness (QED) is 0.931. The highest BCUT2D eigenvalue weighted by atomic mass is 35.5. The molecular weight excluding hydrogens is 281 g/mol. The minimum absolute atomic E-state index is 0.168. The number of halogens is 2. The Bertz CT molecular complexity index is 439. The first-order valence-electron chi connectivity index (χ1n) is 6.62. The molecule has 2 rings (SSSR count). The lowest BCUT2D eigenvalue weighted by Crippen LogP contribution is -2.52. The number of rotatable bonds is 3. The largest absolute Gasteiger partial charge is 0.329 e. The van der Waals surface area contributed by atoms with E-state index < -0.39 is 0 Å². The Balaban J connectivity index is 2.20. The molecule has 0 saturated carbocycles. The summed E-state index contributed by atoms with van der Waals surface area (Å²) in [5.41, 5.74) is 7.05. The lowest BCUT2D eigenvalue weighted by atomic mass is 10.0. The number of hydrogen-bond acceptors (Lipinski definition) is 3. The van der Waals surface area contributed by atoms with Crippen molar-refractivity contribution in [1.29, 1.82) is 0 Å². The van der Waals surface area contributed by atoms with Crippen LogP contribution in [0, 0.1) is 0 Å². The number of nitrogens with two attached hydrogens (primary N) is 1. The molecule has 0 amide bonds. The zero-order valence-electron chi connectivity index (χ0n) is 11.4. The molecule has 1 aromatic carbocycles. The average molecular weight is 302 g/mol. The predicted octanol–water partition coefficient (Wildman–Crippen LogP) is 2.63. The summed E-state index contributed by atoms with van der Waals surface area (Å²) in [5.74, 6) is 0. The molecule has 1 heterocycles. The van der Waals surface area contributed by atoms with Gasteiger partial charge in [0.1, 0.15) is 0 Å².